The van der Waals surface area contributed by atoms with Crippen LogP contribution in [0.4, 0.5) is 0 Å². The molecule has 0 aliphatic carbocycles. The van der Waals surface area contributed by atoms with Gasteiger partial charge in [-0.1, -0.05) is 29.8 Å². The summed E-state index contributed by atoms with van der Waals surface area (Å²) in [6.45, 7) is 0.183. The second kappa shape index (κ2) is 5.59. The van der Waals surface area contributed by atoms with Crippen LogP contribution in [0.15, 0.2) is 41.8 Å². The summed E-state index contributed by atoms with van der Waals surface area (Å²) in [5.41, 5.74) is 0.780. The summed E-state index contributed by atoms with van der Waals surface area (Å²) in [6, 6.07) is 6.89. The molecular weight excluding hydrogens is 286 g/mol. The first kappa shape index (κ1) is 13.8. The molecule has 0 radical (unpaired) electrons. The molecule has 0 atom stereocenters. The Morgan fingerprint density at radius 1 is 1.26 bits per heavy atom. The van der Waals surface area contributed by atoms with Crippen molar-refractivity contribution in [3.8, 4) is 0 Å². The van der Waals surface area contributed by atoms with Gasteiger partial charge in [0.25, 0.3) is 15.9 Å². The zero-order chi connectivity index (χ0) is 13.9. The molecule has 0 saturated heterocycles. The number of hydrogen-bond donors (Lipinski definition) is 0. The van der Waals surface area contributed by atoms with E-state index in [4.69, 9.17) is 11.6 Å². The van der Waals surface area contributed by atoms with Crippen molar-refractivity contribution in [2.75, 3.05) is 6.54 Å². The summed E-state index contributed by atoms with van der Waals surface area (Å²) in [4.78, 5) is 11.9. The van der Waals surface area contributed by atoms with Crippen molar-refractivity contribution >= 4 is 33.6 Å². The van der Waals surface area contributed by atoms with Crippen molar-refractivity contribution < 1.29 is 13.2 Å². The van der Waals surface area contributed by atoms with E-state index >= 15 is 0 Å². The van der Waals surface area contributed by atoms with Gasteiger partial charge in [-0.25, -0.2) is 12.7 Å². The van der Waals surface area contributed by atoms with Crippen LogP contribution >= 0.6 is 11.6 Å². The summed E-state index contributed by atoms with van der Waals surface area (Å²) >= 11 is 5.75. The van der Waals surface area contributed by atoms with E-state index in [1.807, 2.05) is 0 Å². The second-order valence-corrected chi connectivity index (χ2v) is 6.18. The van der Waals surface area contributed by atoms with Crippen LogP contribution in [-0.4, -0.2) is 25.2 Å². The molecule has 19 heavy (non-hydrogen) atoms. The van der Waals surface area contributed by atoms with Gasteiger partial charge in [-0.15, -0.1) is 0 Å². The summed E-state index contributed by atoms with van der Waals surface area (Å²) in [5, 5.41) is 1.66. The van der Waals surface area contributed by atoms with Gasteiger partial charge in [0.1, 0.15) is 0 Å². The predicted octanol–water partition coefficient (Wildman–Crippen LogP) is 2.43. The molecule has 1 aromatic rings. The highest BCUT2D eigenvalue weighted by Crippen LogP contribution is 2.14. The fraction of sp³-hybridized carbons (Fsp3) is 0.154. The molecule has 0 saturated carbocycles. The number of rotatable bonds is 2. The fourth-order valence-electron chi connectivity index (χ4n) is 1.64. The molecule has 0 spiro atoms. The van der Waals surface area contributed by atoms with Crippen molar-refractivity contribution in [1.82, 2.24) is 4.31 Å². The first-order valence-corrected chi connectivity index (χ1v) is 7.54. The van der Waals surface area contributed by atoms with Crippen molar-refractivity contribution in [2.24, 2.45) is 0 Å². The van der Waals surface area contributed by atoms with E-state index < -0.39 is 15.9 Å². The molecule has 1 amide bonds. The van der Waals surface area contributed by atoms with Crippen LogP contribution in [0.25, 0.3) is 6.08 Å². The van der Waals surface area contributed by atoms with Crippen LogP contribution in [0.1, 0.15) is 12.0 Å². The third-order valence-electron chi connectivity index (χ3n) is 2.61. The van der Waals surface area contributed by atoms with Gasteiger partial charge >= 0.3 is 0 Å². The Morgan fingerprint density at radius 3 is 2.58 bits per heavy atom. The van der Waals surface area contributed by atoms with E-state index in [1.54, 1.807) is 36.4 Å². The zero-order valence-corrected chi connectivity index (χ0v) is 11.6. The minimum atomic E-state index is -3.60. The number of carbonyl (C=O) groups excluding carboxylic acids is 1. The number of hydrogen-bond acceptors (Lipinski definition) is 3. The van der Waals surface area contributed by atoms with Crippen molar-refractivity contribution in [1.29, 1.82) is 0 Å². The molecule has 1 aliphatic rings. The van der Waals surface area contributed by atoms with E-state index in [0.29, 0.717) is 11.4 Å². The number of carbonyl (C=O) groups is 1. The van der Waals surface area contributed by atoms with E-state index in [-0.39, 0.29) is 6.54 Å². The number of amides is 1. The Morgan fingerprint density at radius 2 is 1.95 bits per heavy atom. The maximum atomic E-state index is 11.9. The van der Waals surface area contributed by atoms with Gasteiger partial charge in [0.05, 0.1) is 0 Å². The maximum Gasteiger partial charge on any atom is 0.260 e. The van der Waals surface area contributed by atoms with Crippen molar-refractivity contribution in [3.05, 3.63) is 52.4 Å². The number of sulfonamides is 1. The van der Waals surface area contributed by atoms with E-state index in [2.05, 4.69) is 0 Å². The minimum absolute atomic E-state index is 0.183. The lowest BCUT2D eigenvalue weighted by Gasteiger charge is -2.21. The Labute approximate surface area is 117 Å². The summed E-state index contributed by atoms with van der Waals surface area (Å²) < 4.78 is 24.2. The van der Waals surface area contributed by atoms with Crippen LogP contribution in [-0.2, 0) is 14.8 Å². The Hall–Kier alpha value is -1.59. The molecule has 1 aromatic carbocycles. The average Bonchev–Trinajstić information content (AvgIpc) is 2.37. The van der Waals surface area contributed by atoms with Crippen molar-refractivity contribution in [3.63, 3.8) is 0 Å². The van der Waals surface area contributed by atoms with E-state index in [1.165, 1.54) is 6.08 Å². The molecule has 0 bridgehead atoms. The molecular formula is C13H12ClNO3S. The van der Waals surface area contributed by atoms with Gasteiger partial charge in [0.15, 0.2) is 0 Å². The second-order valence-electron chi connectivity index (χ2n) is 4.00. The van der Waals surface area contributed by atoms with Gasteiger partial charge in [-0.3, -0.25) is 4.79 Å². The molecule has 4 nitrogen and oxygen atoms in total. The SMILES string of the molecule is O=C(/C=C/c1ccc(Cl)cc1)N1CCC=CS1(=O)=O. The molecule has 6 heteroatoms. The van der Waals surface area contributed by atoms with Gasteiger partial charge in [0.2, 0.25) is 0 Å². The topological polar surface area (TPSA) is 54.5 Å². The Bertz CT molecular complexity index is 632. The largest absolute Gasteiger partial charge is 0.269 e. The van der Waals surface area contributed by atoms with E-state index in [9.17, 15) is 13.2 Å². The van der Waals surface area contributed by atoms with Gasteiger partial charge in [-0.2, -0.15) is 0 Å². The lowest BCUT2D eigenvalue weighted by atomic mass is 10.2. The standard InChI is InChI=1S/C13H12ClNO3S/c14-12-6-3-11(4-7-12)5-8-13(16)15-9-1-2-10-19(15,17)18/h2-8,10H,1,9H2/b8-5+. The molecule has 1 aliphatic heterocycles. The zero-order valence-electron chi connectivity index (χ0n) is 9.99. The average molecular weight is 298 g/mol. The van der Waals surface area contributed by atoms with Crippen LogP contribution in [0, 0.1) is 0 Å². The van der Waals surface area contributed by atoms with Gasteiger partial charge in [0, 0.05) is 23.1 Å². The highest BCUT2D eigenvalue weighted by atomic mass is 35.5. The van der Waals surface area contributed by atoms with Crippen LogP contribution in [0.5, 0.6) is 0 Å². The smallest absolute Gasteiger partial charge is 0.260 e. The third kappa shape index (κ3) is 3.45. The van der Waals surface area contributed by atoms with Crippen molar-refractivity contribution in [2.45, 2.75) is 6.42 Å². The lowest BCUT2D eigenvalue weighted by Crippen LogP contribution is -2.36. The number of nitrogens with zero attached hydrogens (tertiary/aromatic N) is 1. The molecule has 0 N–H and O–H groups in total. The summed E-state index contributed by atoms with van der Waals surface area (Å²) in [6.07, 6.45) is 4.90. The maximum absolute atomic E-state index is 11.9. The Kier molecular flexibility index (Phi) is 4.07. The van der Waals surface area contributed by atoms with Crippen LogP contribution < -0.4 is 0 Å². The molecule has 100 valence electrons. The minimum Gasteiger partial charge on any atom is -0.269 e. The van der Waals surface area contributed by atoms with E-state index in [0.717, 1.165) is 15.3 Å². The first-order valence-electron chi connectivity index (χ1n) is 5.66. The van der Waals surface area contributed by atoms with Gasteiger partial charge in [-0.05, 0) is 30.2 Å². The van der Waals surface area contributed by atoms with Crippen LogP contribution in [0.3, 0.4) is 0 Å². The number of benzene rings is 1. The molecule has 0 unspecified atom stereocenters. The predicted molar refractivity (Wildman–Crippen MR) is 74.9 cm³/mol. The summed E-state index contributed by atoms with van der Waals surface area (Å²) in [5.74, 6) is -0.542. The monoisotopic (exact) mass is 297 g/mol. The fourth-order valence-corrected chi connectivity index (χ4v) is 2.97. The normalized spacial score (nSPS) is 17.8. The molecule has 0 fully saturated rings. The number of halogens is 1. The molecule has 1 heterocycles. The molecule has 0 aromatic heterocycles. The first-order chi connectivity index (χ1) is 8.99. The highest BCUT2D eigenvalue weighted by Gasteiger charge is 2.24. The third-order valence-corrected chi connectivity index (χ3v) is 4.37. The summed E-state index contributed by atoms with van der Waals surface area (Å²) in [7, 11) is -3.60. The quantitative estimate of drug-likeness (QED) is 0.788. The molecule has 2 rings (SSSR count). The lowest BCUT2D eigenvalue weighted by molar-refractivity contribution is -0.121. The Balaban J connectivity index is 2.13. The van der Waals surface area contributed by atoms with Gasteiger partial charge < -0.3 is 0 Å². The van der Waals surface area contributed by atoms with Crippen LogP contribution in [0.2, 0.25) is 5.02 Å². The highest BCUT2D eigenvalue weighted by molar-refractivity contribution is 7.92.